The van der Waals surface area contributed by atoms with E-state index in [1.54, 1.807) is 24.3 Å². The standard InChI is InChI=1S/C19H24N2O3.ClH/c1-14-4-3-5-18(15(14)2)24-12-10-19(22)21-16-6-8-17(9-7-16)23-13-11-20;/h3-9H,10-13,20H2,1-2H3,(H,21,22);1H. The van der Waals surface area contributed by atoms with Gasteiger partial charge in [-0.25, -0.2) is 0 Å². The topological polar surface area (TPSA) is 73.6 Å². The summed E-state index contributed by atoms with van der Waals surface area (Å²) in [6.45, 7) is 5.34. The number of rotatable bonds is 8. The van der Waals surface area contributed by atoms with Gasteiger partial charge in [0.1, 0.15) is 18.1 Å². The molecule has 2 aromatic carbocycles. The minimum atomic E-state index is -0.0871. The largest absolute Gasteiger partial charge is 0.493 e. The highest BCUT2D eigenvalue weighted by molar-refractivity contribution is 5.90. The summed E-state index contributed by atoms with van der Waals surface area (Å²) < 4.78 is 11.1. The lowest BCUT2D eigenvalue weighted by atomic mass is 10.1. The van der Waals surface area contributed by atoms with Crippen molar-refractivity contribution in [3.63, 3.8) is 0 Å². The highest BCUT2D eigenvalue weighted by Crippen LogP contribution is 2.20. The van der Waals surface area contributed by atoms with E-state index in [1.807, 2.05) is 32.0 Å². The summed E-state index contributed by atoms with van der Waals surface area (Å²) in [5.41, 5.74) is 8.39. The number of carbonyl (C=O) groups excluding carboxylic acids is 1. The van der Waals surface area contributed by atoms with Crippen LogP contribution in [0.15, 0.2) is 42.5 Å². The zero-order valence-electron chi connectivity index (χ0n) is 14.6. The van der Waals surface area contributed by atoms with Crippen LogP contribution in [0.1, 0.15) is 17.5 Å². The van der Waals surface area contributed by atoms with Crippen molar-refractivity contribution in [1.82, 2.24) is 0 Å². The second-order valence-electron chi connectivity index (χ2n) is 5.51. The summed E-state index contributed by atoms with van der Waals surface area (Å²) >= 11 is 0. The SMILES string of the molecule is Cc1cccc(OCCC(=O)Nc2ccc(OCCN)cc2)c1C.Cl. The summed E-state index contributed by atoms with van der Waals surface area (Å²) in [6, 6.07) is 13.1. The Morgan fingerprint density at radius 2 is 1.76 bits per heavy atom. The number of carbonyl (C=O) groups is 1. The van der Waals surface area contributed by atoms with Crippen LogP contribution >= 0.6 is 12.4 Å². The second-order valence-corrected chi connectivity index (χ2v) is 5.51. The molecule has 0 fully saturated rings. The predicted octanol–water partition coefficient (Wildman–Crippen LogP) is 3.47. The lowest BCUT2D eigenvalue weighted by Crippen LogP contribution is -2.15. The Morgan fingerprint density at radius 3 is 2.44 bits per heavy atom. The van der Waals surface area contributed by atoms with Gasteiger partial charge in [-0.3, -0.25) is 4.79 Å². The average molecular weight is 365 g/mol. The van der Waals surface area contributed by atoms with E-state index >= 15 is 0 Å². The molecule has 0 unspecified atom stereocenters. The summed E-state index contributed by atoms with van der Waals surface area (Å²) in [5.74, 6) is 1.47. The summed E-state index contributed by atoms with van der Waals surface area (Å²) in [6.07, 6.45) is 0.290. The van der Waals surface area contributed by atoms with Crippen LogP contribution in [-0.4, -0.2) is 25.7 Å². The molecule has 1 amide bonds. The van der Waals surface area contributed by atoms with Crippen LogP contribution in [0.4, 0.5) is 5.69 Å². The Morgan fingerprint density at radius 1 is 1.04 bits per heavy atom. The van der Waals surface area contributed by atoms with Gasteiger partial charge in [-0.1, -0.05) is 12.1 Å². The zero-order valence-corrected chi connectivity index (χ0v) is 15.4. The number of hydrogen-bond acceptors (Lipinski definition) is 4. The predicted molar refractivity (Wildman–Crippen MR) is 103 cm³/mol. The molecule has 0 heterocycles. The molecule has 0 aliphatic heterocycles. The van der Waals surface area contributed by atoms with E-state index in [9.17, 15) is 4.79 Å². The number of benzene rings is 2. The van der Waals surface area contributed by atoms with Crippen LogP contribution in [0.5, 0.6) is 11.5 Å². The number of ether oxygens (including phenoxy) is 2. The van der Waals surface area contributed by atoms with Crippen LogP contribution in [0.3, 0.4) is 0 Å². The summed E-state index contributed by atoms with van der Waals surface area (Å²) in [4.78, 5) is 12.0. The van der Waals surface area contributed by atoms with Crippen molar-refractivity contribution < 1.29 is 14.3 Å². The van der Waals surface area contributed by atoms with Gasteiger partial charge in [-0.05, 0) is 55.3 Å². The molecule has 0 saturated heterocycles. The Kier molecular flexibility index (Phi) is 8.81. The summed E-state index contributed by atoms with van der Waals surface area (Å²) in [7, 11) is 0. The fourth-order valence-electron chi connectivity index (χ4n) is 2.17. The molecule has 136 valence electrons. The van der Waals surface area contributed by atoms with E-state index in [4.69, 9.17) is 15.2 Å². The number of nitrogens with one attached hydrogen (secondary N) is 1. The minimum absolute atomic E-state index is 0. The van der Waals surface area contributed by atoms with Crippen LogP contribution in [0.2, 0.25) is 0 Å². The number of hydrogen-bond donors (Lipinski definition) is 2. The number of amides is 1. The van der Waals surface area contributed by atoms with Crippen LogP contribution in [-0.2, 0) is 4.79 Å². The maximum atomic E-state index is 12.0. The Labute approximate surface area is 154 Å². The van der Waals surface area contributed by atoms with E-state index in [0.29, 0.717) is 26.2 Å². The molecule has 0 aromatic heterocycles. The third-order valence-corrected chi connectivity index (χ3v) is 3.67. The van der Waals surface area contributed by atoms with Crippen molar-refractivity contribution in [2.24, 2.45) is 5.73 Å². The molecule has 5 nitrogen and oxygen atoms in total. The third-order valence-electron chi connectivity index (χ3n) is 3.67. The Balaban J connectivity index is 0.00000312. The van der Waals surface area contributed by atoms with Gasteiger partial charge in [0.2, 0.25) is 5.91 Å². The number of nitrogens with two attached hydrogens (primary N) is 1. The molecule has 0 atom stereocenters. The van der Waals surface area contributed by atoms with Crippen LogP contribution in [0, 0.1) is 13.8 Å². The smallest absolute Gasteiger partial charge is 0.227 e. The van der Waals surface area contributed by atoms with E-state index in [2.05, 4.69) is 5.32 Å². The Bertz CT molecular complexity index is 675. The molecule has 0 aliphatic rings. The molecular weight excluding hydrogens is 340 g/mol. The van der Waals surface area contributed by atoms with Gasteiger partial charge in [0.15, 0.2) is 0 Å². The molecule has 0 radical (unpaired) electrons. The van der Waals surface area contributed by atoms with Gasteiger partial charge in [0, 0.05) is 12.2 Å². The van der Waals surface area contributed by atoms with Crippen molar-refractivity contribution in [1.29, 1.82) is 0 Å². The summed E-state index contributed by atoms with van der Waals surface area (Å²) in [5, 5.41) is 2.84. The fraction of sp³-hybridized carbons (Fsp3) is 0.316. The number of halogens is 1. The molecule has 3 N–H and O–H groups in total. The van der Waals surface area contributed by atoms with Crippen LogP contribution < -0.4 is 20.5 Å². The molecule has 0 aliphatic carbocycles. The van der Waals surface area contributed by atoms with Crippen LogP contribution in [0.25, 0.3) is 0 Å². The van der Waals surface area contributed by atoms with Gasteiger partial charge < -0.3 is 20.5 Å². The monoisotopic (exact) mass is 364 g/mol. The first kappa shape index (κ1) is 20.8. The van der Waals surface area contributed by atoms with Gasteiger partial charge in [-0.15, -0.1) is 12.4 Å². The van der Waals surface area contributed by atoms with Crippen molar-refractivity contribution in [2.75, 3.05) is 25.1 Å². The molecule has 0 spiro atoms. The minimum Gasteiger partial charge on any atom is -0.493 e. The van der Waals surface area contributed by atoms with E-state index in [0.717, 1.165) is 22.7 Å². The molecular formula is C19H25ClN2O3. The first-order valence-corrected chi connectivity index (χ1v) is 8.02. The van der Waals surface area contributed by atoms with Crippen molar-refractivity contribution in [3.05, 3.63) is 53.6 Å². The first-order valence-electron chi connectivity index (χ1n) is 8.02. The quantitative estimate of drug-likeness (QED) is 0.752. The highest BCUT2D eigenvalue weighted by atomic mass is 35.5. The average Bonchev–Trinajstić information content (AvgIpc) is 2.58. The zero-order chi connectivity index (χ0) is 17.4. The van der Waals surface area contributed by atoms with E-state index < -0.39 is 0 Å². The number of anilines is 1. The van der Waals surface area contributed by atoms with Gasteiger partial charge in [0.25, 0.3) is 0 Å². The fourth-order valence-corrected chi connectivity index (χ4v) is 2.17. The highest BCUT2D eigenvalue weighted by Gasteiger charge is 2.05. The Hall–Kier alpha value is -2.24. The van der Waals surface area contributed by atoms with Gasteiger partial charge >= 0.3 is 0 Å². The number of aryl methyl sites for hydroxylation is 1. The maximum Gasteiger partial charge on any atom is 0.227 e. The first-order chi connectivity index (χ1) is 11.6. The second kappa shape index (κ2) is 10.6. The van der Waals surface area contributed by atoms with Crippen molar-refractivity contribution >= 4 is 24.0 Å². The molecule has 2 rings (SSSR count). The third kappa shape index (κ3) is 6.64. The molecule has 0 bridgehead atoms. The molecule has 2 aromatic rings. The normalized spacial score (nSPS) is 9.88. The van der Waals surface area contributed by atoms with Crippen molar-refractivity contribution in [2.45, 2.75) is 20.3 Å². The van der Waals surface area contributed by atoms with Crippen molar-refractivity contribution in [3.8, 4) is 11.5 Å². The van der Waals surface area contributed by atoms with Gasteiger partial charge in [-0.2, -0.15) is 0 Å². The van der Waals surface area contributed by atoms with E-state index in [1.165, 1.54) is 5.56 Å². The lowest BCUT2D eigenvalue weighted by Gasteiger charge is -2.11. The lowest BCUT2D eigenvalue weighted by molar-refractivity contribution is -0.116. The van der Waals surface area contributed by atoms with E-state index in [-0.39, 0.29) is 18.3 Å². The van der Waals surface area contributed by atoms with Gasteiger partial charge in [0.05, 0.1) is 13.0 Å². The molecule has 0 saturated carbocycles. The molecule has 25 heavy (non-hydrogen) atoms. The maximum absolute atomic E-state index is 12.0. The molecule has 6 heteroatoms.